The molecule has 17 heavy (non-hydrogen) atoms. The Hall–Kier alpha value is -1.61. The second kappa shape index (κ2) is 4.34. The van der Waals surface area contributed by atoms with Crippen LogP contribution in [0.3, 0.4) is 0 Å². The molecule has 86 valence electrons. The fourth-order valence-corrected chi connectivity index (χ4v) is 2.89. The summed E-state index contributed by atoms with van der Waals surface area (Å²) in [4.78, 5) is 2.48. The predicted octanol–water partition coefficient (Wildman–Crippen LogP) is 4.29. The van der Waals surface area contributed by atoms with Crippen LogP contribution in [-0.4, -0.2) is 6.61 Å². The van der Waals surface area contributed by atoms with E-state index in [0.717, 1.165) is 11.4 Å². The summed E-state index contributed by atoms with van der Waals surface area (Å²) in [5.74, 6) is 0.930. The zero-order chi connectivity index (χ0) is 11.7. The third kappa shape index (κ3) is 1.98. The normalized spacial score (nSPS) is 12.3. The Kier molecular flexibility index (Phi) is 2.69. The van der Waals surface area contributed by atoms with Gasteiger partial charge in [0.15, 0.2) is 0 Å². The molecule has 0 saturated carbocycles. The van der Waals surface area contributed by atoms with Crippen molar-refractivity contribution in [2.24, 2.45) is 0 Å². The summed E-state index contributed by atoms with van der Waals surface area (Å²) in [6.45, 7) is 2.70. The van der Waals surface area contributed by atoms with Crippen molar-refractivity contribution < 1.29 is 4.74 Å². The van der Waals surface area contributed by atoms with E-state index in [1.807, 2.05) is 19.1 Å². The number of anilines is 2. The third-order valence-corrected chi connectivity index (χ3v) is 3.77. The minimum absolute atomic E-state index is 0.702. The van der Waals surface area contributed by atoms with E-state index in [1.165, 1.54) is 15.5 Å². The lowest BCUT2D eigenvalue weighted by Crippen LogP contribution is -2.00. The number of benzene rings is 2. The van der Waals surface area contributed by atoms with Gasteiger partial charge < -0.3 is 10.1 Å². The fourth-order valence-electron chi connectivity index (χ4n) is 1.87. The van der Waals surface area contributed by atoms with Crippen molar-refractivity contribution >= 4 is 23.1 Å². The Morgan fingerprint density at radius 1 is 1.06 bits per heavy atom. The molecule has 0 aromatic heterocycles. The van der Waals surface area contributed by atoms with Crippen LogP contribution < -0.4 is 10.1 Å². The summed E-state index contributed by atoms with van der Waals surface area (Å²) >= 11 is 1.78. The SMILES string of the molecule is CCOc1ccc2c(c1)Sc1ccccc1N2. The number of hydrogen-bond acceptors (Lipinski definition) is 3. The van der Waals surface area contributed by atoms with E-state index in [-0.39, 0.29) is 0 Å². The van der Waals surface area contributed by atoms with Gasteiger partial charge in [0, 0.05) is 9.79 Å². The van der Waals surface area contributed by atoms with E-state index in [1.54, 1.807) is 11.8 Å². The Bertz CT molecular complexity index is 554. The molecular formula is C14H13NOS. The van der Waals surface area contributed by atoms with Crippen LogP contribution in [0.5, 0.6) is 5.75 Å². The van der Waals surface area contributed by atoms with Gasteiger partial charge in [-0.2, -0.15) is 0 Å². The summed E-state index contributed by atoms with van der Waals surface area (Å²) in [7, 11) is 0. The van der Waals surface area contributed by atoms with Gasteiger partial charge >= 0.3 is 0 Å². The molecule has 0 aliphatic carbocycles. The highest BCUT2D eigenvalue weighted by molar-refractivity contribution is 7.99. The van der Waals surface area contributed by atoms with Crippen LogP contribution in [0.25, 0.3) is 0 Å². The lowest BCUT2D eigenvalue weighted by Gasteiger charge is -2.21. The van der Waals surface area contributed by atoms with Gasteiger partial charge in [0.2, 0.25) is 0 Å². The molecule has 1 heterocycles. The standard InChI is InChI=1S/C14H13NOS/c1-2-16-10-7-8-12-14(9-10)17-13-6-4-3-5-11(13)15-12/h3-9,15H,2H2,1H3. The van der Waals surface area contributed by atoms with Crippen LogP contribution in [0.2, 0.25) is 0 Å². The molecule has 0 spiro atoms. The van der Waals surface area contributed by atoms with E-state index >= 15 is 0 Å². The molecule has 0 radical (unpaired) electrons. The quantitative estimate of drug-likeness (QED) is 0.725. The molecule has 1 aliphatic rings. The van der Waals surface area contributed by atoms with Gasteiger partial charge in [0.25, 0.3) is 0 Å². The van der Waals surface area contributed by atoms with Crippen molar-refractivity contribution in [1.29, 1.82) is 0 Å². The van der Waals surface area contributed by atoms with Crippen molar-refractivity contribution in [3.05, 3.63) is 42.5 Å². The van der Waals surface area contributed by atoms with Crippen molar-refractivity contribution in [3.63, 3.8) is 0 Å². The van der Waals surface area contributed by atoms with Gasteiger partial charge in [0.1, 0.15) is 5.75 Å². The fraction of sp³-hybridized carbons (Fsp3) is 0.143. The molecule has 2 aromatic carbocycles. The van der Waals surface area contributed by atoms with Gasteiger partial charge in [0.05, 0.1) is 18.0 Å². The van der Waals surface area contributed by atoms with E-state index < -0.39 is 0 Å². The van der Waals surface area contributed by atoms with Crippen LogP contribution in [0, 0.1) is 0 Å². The zero-order valence-corrected chi connectivity index (χ0v) is 10.4. The first-order valence-electron chi connectivity index (χ1n) is 5.67. The number of fused-ring (bicyclic) bond motifs is 2. The lowest BCUT2D eigenvalue weighted by atomic mass is 10.2. The summed E-state index contributed by atoms with van der Waals surface area (Å²) in [5.41, 5.74) is 2.33. The monoisotopic (exact) mass is 243 g/mol. The van der Waals surface area contributed by atoms with Gasteiger partial charge in [-0.25, -0.2) is 0 Å². The Balaban J connectivity index is 1.97. The molecule has 0 amide bonds. The Labute approximate surface area is 105 Å². The molecule has 0 bridgehead atoms. The predicted molar refractivity (Wildman–Crippen MR) is 71.5 cm³/mol. The maximum absolute atomic E-state index is 5.52. The largest absolute Gasteiger partial charge is 0.494 e. The van der Waals surface area contributed by atoms with E-state index in [0.29, 0.717) is 6.61 Å². The Morgan fingerprint density at radius 2 is 1.88 bits per heavy atom. The van der Waals surface area contributed by atoms with Crippen LogP contribution in [0.4, 0.5) is 11.4 Å². The van der Waals surface area contributed by atoms with Crippen LogP contribution in [0.1, 0.15) is 6.92 Å². The number of para-hydroxylation sites is 1. The van der Waals surface area contributed by atoms with Crippen LogP contribution in [-0.2, 0) is 0 Å². The highest BCUT2D eigenvalue weighted by Gasteiger charge is 2.15. The van der Waals surface area contributed by atoms with Gasteiger partial charge in [-0.1, -0.05) is 23.9 Å². The molecule has 0 atom stereocenters. The molecule has 3 rings (SSSR count). The smallest absolute Gasteiger partial charge is 0.120 e. The van der Waals surface area contributed by atoms with E-state index in [9.17, 15) is 0 Å². The van der Waals surface area contributed by atoms with Crippen molar-refractivity contribution in [2.75, 3.05) is 11.9 Å². The first kappa shape index (κ1) is 10.5. The van der Waals surface area contributed by atoms with Crippen LogP contribution >= 0.6 is 11.8 Å². The number of hydrogen-bond donors (Lipinski definition) is 1. The first-order valence-corrected chi connectivity index (χ1v) is 6.49. The van der Waals surface area contributed by atoms with Crippen molar-refractivity contribution in [2.45, 2.75) is 16.7 Å². The molecule has 0 fully saturated rings. The second-order valence-corrected chi connectivity index (χ2v) is 4.90. The highest BCUT2D eigenvalue weighted by atomic mass is 32.2. The van der Waals surface area contributed by atoms with E-state index in [2.05, 4.69) is 35.6 Å². The minimum atomic E-state index is 0.702. The lowest BCUT2D eigenvalue weighted by molar-refractivity contribution is 0.339. The van der Waals surface area contributed by atoms with Gasteiger partial charge in [-0.15, -0.1) is 0 Å². The van der Waals surface area contributed by atoms with Crippen LogP contribution in [0.15, 0.2) is 52.3 Å². The molecule has 0 saturated heterocycles. The van der Waals surface area contributed by atoms with Gasteiger partial charge in [-0.05, 0) is 37.3 Å². The average Bonchev–Trinajstić information content (AvgIpc) is 2.36. The minimum Gasteiger partial charge on any atom is -0.494 e. The average molecular weight is 243 g/mol. The molecule has 0 unspecified atom stereocenters. The highest BCUT2D eigenvalue weighted by Crippen LogP contribution is 2.45. The first-order chi connectivity index (χ1) is 8.36. The zero-order valence-electron chi connectivity index (χ0n) is 9.57. The summed E-state index contributed by atoms with van der Waals surface area (Å²) < 4.78 is 5.52. The molecule has 1 aliphatic heterocycles. The molecular weight excluding hydrogens is 230 g/mol. The Morgan fingerprint density at radius 3 is 2.76 bits per heavy atom. The maximum Gasteiger partial charge on any atom is 0.120 e. The molecule has 2 aromatic rings. The summed E-state index contributed by atoms with van der Waals surface area (Å²) in [6, 6.07) is 14.5. The number of nitrogens with one attached hydrogen (secondary N) is 1. The topological polar surface area (TPSA) is 21.3 Å². The molecule has 3 heteroatoms. The third-order valence-electron chi connectivity index (χ3n) is 2.64. The maximum atomic E-state index is 5.52. The molecule has 2 nitrogen and oxygen atoms in total. The van der Waals surface area contributed by atoms with Gasteiger partial charge in [-0.3, -0.25) is 0 Å². The van der Waals surface area contributed by atoms with E-state index in [4.69, 9.17) is 4.74 Å². The van der Waals surface area contributed by atoms with Crippen molar-refractivity contribution in [3.8, 4) is 5.75 Å². The number of rotatable bonds is 2. The molecule has 1 N–H and O–H groups in total. The summed E-state index contributed by atoms with van der Waals surface area (Å²) in [6.07, 6.45) is 0. The summed E-state index contributed by atoms with van der Waals surface area (Å²) in [5, 5.41) is 3.43. The van der Waals surface area contributed by atoms with Crippen molar-refractivity contribution in [1.82, 2.24) is 0 Å². The number of ether oxygens (including phenoxy) is 1. The second-order valence-electron chi connectivity index (χ2n) is 3.81.